The SMILES string of the molecule is N#Cc1c(-c2ccccc2)nc(SCCCCN2C(=O)c3ccccc3C2=O)[nH]c1=O. The predicted octanol–water partition coefficient (Wildman–Crippen LogP) is 3.48. The number of nitrogens with one attached hydrogen (secondary N) is 1. The smallest absolute Gasteiger partial charge is 0.270 e. The second-order valence-electron chi connectivity index (χ2n) is 6.94. The van der Waals surface area contributed by atoms with Crippen LogP contribution in [0.2, 0.25) is 0 Å². The first-order chi connectivity index (χ1) is 15.1. The number of carbonyl (C=O) groups is 2. The zero-order valence-electron chi connectivity index (χ0n) is 16.5. The number of hydrogen-bond donors (Lipinski definition) is 1. The van der Waals surface area contributed by atoms with Gasteiger partial charge < -0.3 is 4.98 Å². The van der Waals surface area contributed by atoms with E-state index in [-0.39, 0.29) is 17.4 Å². The summed E-state index contributed by atoms with van der Waals surface area (Å²) in [6.45, 7) is 0.347. The van der Waals surface area contributed by atoms with E-state index in [2.05, 4.69) is 9.97 Å². The van der Waals surface area contributed by atoms with Gasteiger partial charge in [0.05, 0.1) is 16.8 Å². The van der Waals surface area contributed by atoms with Crippen LogP contribution < -0.4 is 5.56 Å². The van der Waals surface area contributed by atoms with Gasteiger partial charge in [0.25, 0.3) is 17.4 Å². The highest BCUT2D eigenvalue weighted by Gasteiger charge is 2.34. The van der Waals surface area contributed by atoms with E-state index >= 15 is 0 Å². The number of unbranched alkanes of at least 4 members (excludes halogenated alkanes) is 1. The quantitative estimate of drug-likeness (QED) is 0.266. The van der Waals surface area contributed by atoms with Crippen molar-refractivity contribution in [2.75, 3.05) is 12.3 Å². The molecule has 3 aromatic rings. The Morgan fingerprint density at radius 2 is 1.58 bits per heavy atom. The number of amides is 2. The maximum absolute atomic E-state index is 12.4. The van der Waals surface area contributed by atoms with Gasteiger partial charge in [-0.25, -0.2) is 4.98 Å². The molecule has 0 bridgehead atoms. The minimum Gasteiger partial charge on any atom is -0.300 e. The van der Waals surface area contributed by atoms with Crippen LogP contribution in [0.3, 0.4) is 0 Å². The zero-order chi connectivity index (χ0) is 21.8. The maximum Gasteiger partial charge on any atom is 0.270 e. The molecule has 0 aliphatic carbocycles. The fraction of sp³-hybridized carbons (Fsp3) is 0.174. The molecule has 0 saturated heterocycles. The van der Waals surface area contributed by atoms with Gasteiger partial charge in [0.2, 0.25) is 0 Å². The number of aromatic nitrogens is 2. The van der Waals surface area contributed by atoms with E-state index in [1.165, 1.54) is 16.7 Å². The third kappa shape index (κ3) is 4.13. The number of benzene rings is 2. The number of nitriles is 1. The second kappa shape index (κ2) is 8.98. The standard InChI is InChI=1S/C23H18N4O3S/c24-14-18-19(15-8-2-1-3-9-15)25-23(26-20(18)28)31-13-7-6-12-27-21(29)16-10-4-5-11-17(16)22(27)30/h1-5,8-11H,6-7,12-13H2,(H,25,26,28). The van der Waals surface area contributed by atoms with Gasteiger partial charge in [-0.15, -0.1) is 0 Å². The molecular weight excluding hydrogens is 412 g/mol. The molecule has 0 radical (unpaired) electrons. The van der Waals surface area contributed by atoms with Crippen LogP contribution in [-0.2, 0) is 0 Å². The van der Waals surface area contributed by atoms with E-state index in [0.717, 1.165) is 6.42 Å². The van der Waals surface area contributed by atoms with Crippen molar-refractivity contribution in [3.63, 3.8) is 0 Å². The van der Waals surface area contributed by atoms with E-state index in [0.29, 0.717) is 46.3 Å². The lowest BCUT2D eigenvalue weighted by molar-refractivity contribution is 0.0652. The number of hydrogen-bond acceptors (Lipinski definition) is 6. The van der Waals surface area contributed by atoms with Gasteiger partial charge in [0.1, 0.15) is 11.6 Å². The first-order valence-electron chi connectivity index (χ1n) is 9.78. The first kappa shape index (κ1) is 20.6. The summed E-state index contributed by atoms with van der Waals surface area (Å²) in [6, 6.07) is 17.9. The normalized spacial score (nSPS) is 12.7. The van der Waals surface area contributed by atoms with Crippen molar-refractivity contribution < 1.29 is 9.59 Å². The van der Waals surface area contributed by atoms with E-state index in [1.54, 1.807) is 36.4 Å². The minimum absolute atomic E-state index is 0.0128. The molecule has 0 unspecified atom stereocenters. The Bertz CT molecular complexity index is 1210. The highest BCUT2D eigenvalue weighted by atomic mass is 32.2. The van der Waals surface area contributed by atoms with Gasteiger partial charge in [-0.3, -0.25) is 19.3 Å². The molecule has 0 spiro atoms. The van der Waals surface area contributed by atoms with Crippen LogP contribution in [0.15, 0.2) is 64.5 Å². The van der Waals surface area contributed by atoms with E-state index in [9.17, 15) is 19.6 Å². The van der Waals surface area contributed by atoms with Gasteiger partial charge in [0, 0.05) is 17.9 Å². The van der Waals surface area contributed by atoms with Crippen molar-refractivity contribution in [1.29, 1.82) is 5.26 Å². The van der Waals surface area contributed by atoms with Gasteiger partial charge in [0.15, 0.2) is 5.16 Å². The van der Waals surface area contributed by atoms with Crippen molar-refractivity contribution >= 4 is 23.6 Å². The van der Waals surface area contributed by atoms with Crippen molar-refractivity contribution in [2.45, 2.75) is 18.0 Å². The molecule has 7 nitrogen and oxygen atoms in total. The van der Waals surface area contributed by atoms with Gasteiger partial charge in [-0.05, 0) is 25.0 Å². The number of fused-ring (bicyclic) bond motifs is 1. The number of carbonyl (C=O) groups excluding carboxylic acids is 2. The molecule has 4 rings (SSSR count). The molecule has 154 valence electrons. The molecule has 1 aliphatic heterocycles. The molecule has 31 heavy (non-hydrogen) atoms. The van der Waals surface area contributed by atoms with Crippen LogP contribution in [0.1, 0.15) is 39.1 Å². The maximum atomic E-state index is 12.4. The zero-order valence-corrected chi connectivity index (χ0v) is 17.3. The first-order valence-corrected chi connectivity index (χ1v) is 10.8. The summed E-state index contributed by atoms with van der Waals surface area (Å²) in [5.41, 5.74) is 1.49. The van der Waals surface area contributed by atoms with Crippen molar-refractivity contribution in [1.82, 2.24) is 14.9 Å². The average Bonchev–Trinajstić information content (AvgIpc) is 3.04. The average molecular weight is 430 g/mol. The van der Waals surface area contributed by atoms with E-state index in [1.807, 2.05) is 24.3 Å². The van der Waals surface area contributed by atoms with Crippen molar-refractivity contribution in [2.24, 2.45) is 0 Å². The fourth-order valence-electron chi connectivity index (χ4n) is 3.41. The number of aromatic amines is 1. The highest BCUT2D eigenvalue weighted by molar-refractivity contribution is 7.99. The monoisotopic (exact) mass is 430 g/mol. The molecule has 1 aromatic heterocycles. The molecular formula is C23H18N4O3S. The number of imide groups is 1. The van der Waals surface area contributed by atoms with Crippen LogP contribution in [0.25, 0.3) is 11.3 Å². The molecule has 2 amide bonds. The Morgan fingerprint density at radius 3 is 2.23 bits per heavy atom. The molecule has 1 N–H and O–H groups in total. The van der Waals surface area contributed by atoms with Crippen molar-refractivity contribution in [3.8, 4) is 17.3 Å². The Labute approximate surface area is 182 Å². The Kier molecular flexibility index (Phi) is 5.96. The van der Waals surface area contributed by atoms with Crippen LogP contribution in [0.5, 0.6) is 0 Å². The summed E-state index contributed by atoms with van der Waals surface area (Å²) >= 11 is 1.37. The summed E-state index contributed by atoms with van der Waals surface area (Å²) in [5.74, 6) is 0.143. The molecule has 0 atom stereocenters. The lowest BCUT2D eigenvalue weighted by Gasteiger charge is -2.13. The Morgan fingerprint density at radius 1 is 0.935 bits per heavy atom. The molecule has 0 fully saturated rings. The van der Waals surface area contributed by atoms with Crippen LogP contribution in [-0.4, -0.2) is 39.0 Å². The highest BCUT2D eigenvalue weighted by Crippen LogP contribution is 2.24. The summed E-state index contributed by atoms with van der Waals surface area (Å²) < 4.78 is 0. The van der Waals surface area contributed by atoms with Crippen LogP contribution >= 0.6 is 11.8 Å². The third-order valence-corrected chi connectivity index (χ3v) is 5.91. The van der Waals surface area contributed by atoms with Gasteiger partial charge in [-0.1, -0.05) is 54.2 Å². The number of H-pyrrole nitrogens is 1. The van der Waals surface area contributed by atoms with Gasteiger partial charge in [-0.2, -0.15) is 5.26 Å². The number of nitrogens with zero attached hydrogens (tertiary/aromatic N) is 3. The molecule has 2 aromatic carbocycles. The minimum atomic E-state index is -0.468. The Hall–Kier alpha value is -3.70. The fourth-order valence-corrected chi connectivity index (χ4v) is 4.28. The number of thioether (sulfide) groups is 1. The van der Waals surface area contributed by atoms with Crippen molar-refractivity contribution in [3.05, 3.63) is 81.6 Å². The lowest BCUT2D eigenvalue weighted by Crippen LogP contribution is -2.30. The third-order valence-electron chi connectivity index (χ3n) is 4.95. The predicted molar refractivity (Wildman–Crippen MR) is 117 cm³/mol. The van der Waals surface area contributed by atoms with E-state index < -0.39 is 5.56 Å². The number of rotatable bonds is 7. The molecule has 2 heterocycles. The Balaban J connectivity index is 1.36. The largest absolute Gasteiger partial charge is 0.300 e. The molecule has 1 aliphatic rings. The van der Waals surface area contributed by atoms with Crippen LogP contribution in [0, 0.1) is 11.3 Å². The molecule has 8 heteroatoms. The van der Waals surface area contributed by atoms with Crippen LogP contribution in [0.4, 0.5) is 0 Å². The summed E-state index contributed by atoms with van der Waals surface area (Å²) in [5, 5.41) is 9.77. The summed E-state index contributed by atoms with van der Waals surface area (Å²) in [6.07, 6.45) is 1.37. The summed E-state index contributed by atoms with van der Waals surface area (Å²) in [4.78, 5) is 45.5. The second-order valence-corrected chi connectivity index (χ2v) is 8.02. The summed E-state index contributed by atoms with van der Waals surface area (Å²) in [7, 11) is 0. The van der Waals surface area contributed by atoms with Gasteiger partial charge >= 0.3 is 0 Å². The lowest BCUT2D eigenvalue weighted by atomic mass is 10.1. The molecule has 0 saturated carbocycles. The van der Waals surface area contributed by atoms with E-state index in [4.69, 9.17) is 0 Å². The topological polar surface area (TPSA) is 107 Å².